The van der Waals surface area contributed by atoms with Crippen molar-refractivity contribution in [3.63, 3.8) is 0 Å². The average molecular weight is 235 g/mol. The van der Waals surface area contributed by atoms with E-state index in [0.29, 0.717) is 24.6 Å². The number of aromatic nitrogens is 4. The molecule has 0 bridgehead atoms. The third-order valence-electron chi connectivity index (χ3n) is 2.95. The molecule has 0 unspecified atom stereocenters. The Bertz CT molecular complexity index is 590. The van der Waals surface area contributed by atoms with Gasteiger partial charge in [-0.2, -0.15) is 4.52 Å². The third-order valence-corrected chi connectivity index (χ3v) is 2.95. The number of hydrogen-bond acceptors (Lipinski definition) is 5. The van der Waals surface area contributed by atoms with Gasteiger partial charge in [-0.15, -0.1) is 0 Å². The van der Waals surface area contributed by atoms with Gasteiger partial charge in [-0.25, -0.2) is 9.97 Å². The standard InChI is InChI=1S/C10H13N5O2/c16-8-1-2-14(5-8)4-7-3-9(17)15-10(13-7)11-6-12-15/h3,6,8,16H,1-2,4-5H2,(H,11,12,13)/t8-/m1/s1. The molecule has 0 aliphatic carbocycles. The number of hydrogen-bond donors (Lipinski definition) is 2. The molecule has 90 valence electrons. The van der Waals surface area contributed by atoms with Gasteiger partial charge in [0.05, 0.1) is 11.8 Å². The molecule has 1 fully saturated rings. The van der Waals surface area contributed by atoms with Crippen molar-refractivity contribution in [3.8, 4) is 0 Å². The van der Waals surface area contributed by atoms with Crippen LogP contribution in [0, 0.1) is 0 Å². The quantitative estimate of drug-likeness (QED) is 0.696. The number of nitrogens with zero attached hydrogens (tertiary/aromatic N) is 4. The summed E-state index contributed by atoms with van der Waals surface area (Å²) >= 11 is 0. The van der Waals surface area contributed by atoms with Crippen molar-refractivity contribution < 1.29 is 5.11 Å². The van der Waals surface area contributed by atoms with Gasteiger partial charge < -0.3 is 5.11 Å². The Kier molecular flexibility index (Phi) is 2.41. The number of H-pyrrole nitrogens is 1. The minimum absolute atomic E-state index is 0.165. The molecular weight excluding hydrogens is 222 g/mol. The van der Waals surface area contributed by atoms with E-state index in [1.165, 1.54) is 16.9 Å². The van der Waals surface area contributed by atoms with Crippen molar-refractivity contribution in [2.24, 2.45) is 0 Å². The van der Waals surface area contributed by atoms with Crippen molar-refractivity contribution in [1.29, 1.82) is 0 Å². The Hall–Kier alpha value is -1.73. The number of aromatic amines is 1. The molecular formula is C10H13N5O2. The van der Waals surface area contributed by atoms with Crippen LogP contribution in [0.3, 0.4) is 0 Å². The van der Waals surface area contributed by atoms with E-state index in [9.17, 15) is 9.90 Å². The highest BCUT2D eigenvalue weighted by Gasteiger charge is 2.20. The highest BCUT2D eigenvalue weighted by Crippen LogP contribution is 2.11. The molecule has 0 aromatic carbocycles. The first-order valence-corrected chi connectivity index (χ1v) is 5.55. The Labute approximate surface area is 96.7 Å². The molecule has 0 saturated carbocycles. The lowest BCUT2D eigenvalue weighted by atomic mass is 10.3. The SMILES string of the molecule is O=c1cc(CN2CC[C@@H](O)C2)nc2nc[nH]n12. The van der Waals surface area contributed by atoms with E-state index in [-0.39, 0.29) is 11.7 Å². The second-order valence-corrected chi connectivity index (χ2v) is 4.29. The number of β-amino-alcohol motifs (C(OH)–C–C–N with tert-alkyl or cyclic N) is 1. The van der Waals surface area contributed by atoms with Crippen LogP contribution in [0.5, 0.6) is 0 Å². The summed E-state index contributed by atoms with van der Waals surface area (Å²) in [5.41, 5.74) is 0.526. The number of rotatable bonds is 2. The van der Waals surface area contributed by atoms with Gasteiger partial charge in [-0.3, -0.25) is 14.8 Å². The number of aliphatic hydroxyl groups is 1. The van der Waals surface area contributed by atoms with Crippen LogP contribution in [0.1, 0.15) is 12.1 Å². The Morgan fingerprint density at radius 2 is 2.47 bits per heavy atom. The predicted octanol–water partition coefficient (Wildman–Crippen LogP) is -1.02. The van der Waals surface area contributed by atoms with Gasteiger partial charge in [0.1, 0.15) is 6.33 Å². The highest BCUT2D eigenvalue weighted by atomic mass is 16.3. The number of aliphatic hydroxyl groups excluding tert-OH is 1. The van der Waals surface area contributed by atoms with E-state index in [4.69, 9.17) is 0 Å². The summed E-state index contributed by atoms with van der Waals surface area (Å²) in [5.74, 6) is 0.382. The normalized spacial score (nSPS) is 21.4. The molecule has 3 rings (SSSR count). The Morgan fingerprint density at radius 3 is 3.24 bits per heavy atom. The van der Waals surface area contributed by atoms with Gasteiger partial charge >= 0.3 is 0 Å². The molecule has 2 aromatic heterocycles. The van der Waals surface area contributed by atoms with Gasteiger partial charge in [0.25, 0.3) is 11.3 Å². The minimum atomic E-state index is -0.259. The summed E-state index contributed by atoms with van der Waals surface area (Å²) in [4.78, 5) is 22.0. The lowest BCUT2D eigenvalue weighted by molar-refractivity contribution is 0.174. The molecule has 17 heavy (non-hydrogen) atoms. The van der Waals surface area contributed by atoms with Gasteiger partial charge in [0, 0.05) is 25.7 Å². The Morgan fingerprint density at radius 1 is 1.59 bits per heavy atom. The zero-order valence-electron chi connectivity index (χ0n) is 9.20. The maximum atomic E-state index is 11.7. The van der Waals surface area contributed by atoms with E-state index in [0.717, 1.165) is 13.0 Å². The van der Waals surface area contributed by atoms with Crippen LogP contribution < -0.4 is 5.56 Å². The first kappa shape index (κ1) is 10.4. The van der Waals surface area contributed by atoms with E-state index >= 15 is 0 Å². The molecule has 7 nitrogen and oxygen atoms in total. The van der Waals surface area contributed by atoms with E-state index in [1.807, 2.05) is 0 Å². The zero-order chi connectivity index (χ0) is 11.8. The molecule has 0 spiro atoms. The first-order valence-electron chi connectivity index (χ1n) is 5.55. The average Bonchev–Trinajstić information content (AvgIpc) is 2.87. The smallest absolute Gasteiger partial charge is 0.274 e. The highest BCUT2D eigenvalue weighted by molar-refractivity contribution is 5.25. The van der Waals surface area contributed by atoms with Crippen LogP contribution >= 0.6 is 0 Å². The summed E-state index contributed by atoms with van der Waals surface area (Å²) in [7, 11) is 0. The number of fused-ring (bicyclic) bond motifs is 1. The summed E-state index contributed by atoms with van der Waals surface area (Å²) in [6.45, 7) is 2.06. The second kappa shape index (κ2) is 3.94. The lowest BCUT2D eigenvalue weighted by Gasteiger charge is -2.13. The lowest BCUT2D eigenvalue weighted by Crippen LogP contribution is -2.24. The van der Waals surface area contributed by atoms with Crippen molar-refractivity contribution in [2.45, 2.75) is 19.1 Å². The fourth-order valence-corrected chi connectivity index (χ4v) is 2.13. The molecule has 2 aromatic rings. The summed E-state index contributed by atoms with van der Waals surface area (Å²) in [6.07, 6.45) is 1.96. The van der Waals surface area contributed by atoms with Gasteiger partial charge in [0.15, 0.2) is 0 Å². The van der Waals surface area contributed by atoms with Crippen LogP contribution in [-0.4, -0.2) is 48.8 Å². The van der Waals surface area contributed by atoms with Crippen LogP contribution in [0.4, 0.5) is 0 Å². The molecule has 7 heteroatoms. The third kappa shape index (κ3) is 1.94. The van der Waals surface area contributed by atoms with Crippen molar-refractivity contribution >= 4 is 5.78 Å². The van der Waals surface area contributed by atoms with Crippen LogP contribution in [0.15, 0.2) is 17.2 Å². The molecule has 1 atom stereocenters. The van der Waals surface area contributed by atoms with Crippen molar-refractivity contribution in [2.75, 3.05) is 13.1 Å². The Balaban J connectivity index is 1.88. The van der Waals surface area contributed by atoms with Crippen molar-refractivity contribution in [1.82, 2.24) is 24.5 Å². The number of nitrogens with one attached hydrogen (secondary N) is 1. The molecule has 1 aliphatic heterocycles. The van der Waals surface area contributed by atoms with E-state index in [2.05, 4.69) is 20.0 Å². The summed E-state index contributed by atoms with van der Waals surface area (Å²) in [6, 6.07) is 1.50. The molecule has 0 radical (unpaired) electrons. The van der Waals surface area contributed by atoms with Crippen LogP contribution in [0.2, 0.25) is 0 Å². The summed E-state index contributed by atoms with van der Waals surface area (Å²) < 4.78 is 1.29. The molecule has 0 amide bonds. The van der Waals surface area contributed by atoms with Gasteiger partial charge in [-0.05, 0) is 6.42 Å². The number of likely N-dealkylation sites (tertiary alicyclic amines) is 1. The largest absolute Gasteiger partial charge is 0.392 e. The van der Waals surface area contributed by atoms with Crippen LogP contribution in [-0.2, 0) is 6.54 Å². The maximum Gasteiger partial charge on any atom is 0.274 e. The van der Waals surface area contributed by atoms with Gasteiger partial charge in [-0.1, -0.05) is 0 Å². The first-order chi connectivity index (χ1) is 8.22. The van der Waals surface area contributed by atoms with Crippen molar-refractivity contribution in [3.05, 3.63) is 28.4 Å². The molecule has 1 saturated heterocycles. The monoisotopic (exact) mass is 235 g/mol. The fourth-order valence-electron chi connectivity index (χ4n) is 2.13. The molecule has 2 N–H and O–H groups in total. The summed E-state index contributed by atoms with van der Waals surface area (Å²) in [5, 5.41) is 12.1. The van der Waals surface area contributed by atoms with Crippen LogP contribution in [0.25, 0.3) is 5.78 Å². The molecule has 3 heterocycles. The predicted molar refractivity (Wildman–Crippen MR) is 59.5 cm³/mol. The zero-order valence-corrected chi connectivity index (χ0v) is 9.20. The second-order valence-electron chi connectivity index (χ2n) is 4.29. The van der Waals surface area contributed by atoms with Gasteiger partial charge in [0.2, 0.25) is 0 Å². The maximum absolute atomic E-state index is 11.7. The van der Waals surface area contributed by atoms with E-state index in [1.54, 1.807) is 0 Å². The van der Waals surface area contributed by atoms with E-state index < -0.39 is 0 Å². The molecule has 1 aliphatic rings. The topological polar surface area (TPSA) is 86.5 Å². The fraction of sp³-hybridized carbons (Fsp3) is 0.500. The minimum Gasteiger partial charge on any atom is -0.392 e.